The van der Waals surface area contributed by atoms with E-state index in [1.807, 2.05) is 0 Å². The summed E-state index contributed by atoms with van der Waals surface area (Å²) in [6.07, 6.45) is 0.377. The third-order valence-electron chi connectivity index (χ3n) is 3.48. The minimum absolute atomic E-state index is 0.0352. The van der Waals surface area contributed by atoms with Crippen molar-refractivity contribution in [3.8, 4) is 5.75 Å². The van der Waals surface area contributed by atoms with E-state index < -0.39 is 6.10 Å². The minimum atomic E-state index is -0.579. The molecule has 1 amide bonds. The number of carbonyl (C=O) groups is 1. The van der Waals surface area contributed by atoms with E-state index >= 15 is 0 Å². The molecule has 110 valence electrons. The van der Waals surface area contributed by atoms with E-state index in [9.17, 15) is 4.79 Å². The second kappa shape index (κ2) is 6.66. The van der Waals surface area contributed by atoms with Crippen LogP contribution in [0.25, 0.3) is 0 Å². The third-order valence-corrected chi connectivity index (χ3v) is 4.01. The van der Waals surface area contributed by atoms with Gasteiger partial charge in [0.2, 0.25) is 0 Å². The molecule has 1 fully saturated rings. The molecule has 1 aromatic carbocycles. The van der Waals surface area contributed by atoms with Gasteiger partial charge in [-0.3, -0.25) is 4.79 Å². The molecule has 2 rings (SSSR count). The summed E-state index contributed by atoms with van der Waals surface area (Å²) >= 11 is 11.9. The maximum Gasteiger partial charge on any atom is 0.263 e. The number of likely N-dealkylation sites (tertiary alicyclic amines) is 1. The van der Waals surface area contributed by atoms with Gasteiger partial charge in [0.15, 0.2) is 6.10 Å². The van der Waals surface area contributed by atoms with Crippen LogP contribution in [0, 0.1) is 5.92 Å². The Morgan fingerprint density at radius 1 is 1.55 bits per heavy atom. The highest BCUT2D eigenvalue weighted by molar-refractivity contribution is 6.35. The molecule has 0 bridgehead atoms. The molecular weight excluding hydrogens is 299 g/mol. The lowest BCUT2D eigenvalue weighted by molar-refractivity contribution is -0.136. The first kappa shape index (κ1) is 15.4. The summed E-state index contributed by atoms with van der Waals surface area (Å²) in [6.45, 7) is 3.78. The summed E-state index contributed by atoms with van der Waals surface area (Å²) in [7, 11) is 0. The number of hydrogen-bond acceptors (Lipinski definition) is 3. The Balaban J connectivity index is 1.97. The van der Waals surface area contributed by atoms with Gasteiger partial charge in [0, 0.05) is 18.1 Å². The summed E-state index contributed by atoms with van der Waals surface area (Å²) in [5, 5.41) is 0.935. The predicted octanol–water partition coefficient (Wildman–Crippen LogP) is 2.57. The number of amides is 1. The second-order valence-electron chi connectivity index (χ2n) is 5.01. The summed E-state index contributed by atoms with van der Waals surface area (Å²) in [4.78, 5) is 14.1. The summed E-state index contributed by atoms with van der Waals surface area (Å²) < 4.78 is 5.63. The molecule has 1 aliphatic heterocycles. The maximum absolute atomic E-state index is 12.3. The van der Waals surface area contributed by atoms with Crippen molar-refractivity contribution < 1.29 is 9.53 Å². The lowest BCUT2D eigenvalue weighted by Crippen LogP contribution is -2.39. The number of ether oxygens (including phenoxy) is 1. The van der Waals surface area contributed by atoms with E-state index in [1.54, 1.807) is 30.0 Å². The number of nitrogens with two attached hydrogens (primary N) is 1. The van der Waals surface area contributed by atoms with E-state index in [4.69, 9.17) is 33.7 Å². The Kier molecular flexibility index (Phi) is 5.13. The molecule has 0 radical (unpaired) electrons. The second-order valence-corrected chi connectivity index (χ2v) is 5.85. The normalized spacial score (nSPS) is 20.0. The Labute approximate surface area is 128 Å². The van der Waals surface area contributed by atoms with Crippen molar-refractivity contribution in [2.45, 2.75) is 19.4 Å². The van der Waals surface area contributed by atoms with Crippen molar-refractivity contribution in [3.05, 3.63) is 28.2 Å². The van der Waals surface area contributed by atoms with Crippen LogP contribution < -0.4 is 10.5 Å². The van der Waals surface area contributed by atoms with E-state index in [-0.39, 0.29) is 5.91 Å². The zero-order chi connectivity index (χ0) is 14.7. The summed E-state index contributed by atoms with van der Waals surface area (Å²) in [5.74, 6) is 0.823. The lowest BCUT2D eigenvalue weighted by atomic mass is 10.1. The first-order valence-electron chi connectivity index (χ1n) is 6.62. The van der Waals surface area contributed by atoms with Crippen molar-refractivity contribution in [1.29, 1.82) is 0 Å². The molecule has 2 atom stereocenters. The van der Waals surface area contributed by atoms with Crippen molar-refractivity contribution >= 4 is 29.1 Å². The number of halogens is 2. The quantitative estimate of drug-likeness (QED) is 0.928. The molecule has 1 heterocycles. The van der Waals surface area contributed by atoms with Gasteiger partial charge in [-0.05, 0) is 44.0 Å². The zero-order valence-corrected chi connectivity index (χ0v) is 12.8. The first-order valence-corrected chi connectivity index (χ1v) is 7.37. The van der Waals surface area contributed by atoms with Gasteiger partial charge in [-0.25, -0.2) is 0 Å². The molecule has 0 aromatic heterocycles. The van der Waals surface area contributed by atoms with Gasteiger partial charge >= 0.3 is 0 Å². The average Bonchev–Trinajstić information content (AvgIpc) is 2.89. The topological polar surface area (TPSA) is 55.6 Å². The maximum atomic E-state index is 12.3. The van der Waals surface area contributed by atoms with Crippen LogP contribution in [0.15, 0.2) is 18.2 Å². The molecule has 1 saturated heterocycles. The highest BCUT2D eigenvalue weighted by Gasteiger charge is 2.29. The van der Waals surface area contributed by atoms with Crippen LogP contribution in [0.4, 0.5) is 0 Å². The monoisotopic (exact) mass is 316 g/mol. The fourth-order valence-electron chi connectivity index (χ4n) is 2.29. The Hall–Kier alpha value is -0.970. The van der Waals surface area contributed by atoms with Crippen molar-refractivity contribution in [3.63, 3.8) is 0 Å². The SMILES string of the molecule is C[C@H](Oc1ccc(Cl)cc1Cl)C(=O)N1CC[C@H](CN)C1. The zero-order valence-electron chi connectivity index (χ0n) is 11.3. The van der Waals surface area contributed by atoms with Crippen LogP contribution in [-0.4, -0.2) is 36.5 Å². The van der Waals surface area contributed by atoms with Crippen molar-refractivity contribution in [1.82, 2.24) is 4.90 Å². The molecule has 0 saturated carbocycles. The molecule has 1 aromatic rings. The number of hydrogen-bond donors (Lipinski definition) is 1. The van der Waals surface area contributed by atoms with Gasteiger partial charge in [-0.15, -0.1) is 0 Å². The first-order chi connectivity index (χ1) is 9.51. The molecular formula is C14H18Cl2N2O2. The summed E-state index contributed by atoms with van der Waals surface area (Å²) in [5.41, 5.74) is 5.63. The van der Waals surface area contributed by atoms with Gasteiger partial charge in [-0.2, -0.15) is 0 Å². The standard InChI is InChI=1S/C14H18Cl2N2O2/c1-9(14(19)18-5-4-10(7-17)8-18)20-13-3-2-11(15)6-12(13)16/h2-3,6,9-10H,4-5,7-8,17H2,1H3/t9-,10+/m0/s1. The number of benzene rings is 1. The van der Waals surface area contributed by atoms with Crippen LogP contribution >= 0.6 is 23.2 Å². The summed E-state index contributed by atoms with van der Waals surface area (Å²) in [6, 6.07) is 4.94. The fraction of sp³-hybridized carbons (Fsp3) is 0.500. The molecule has 0 aliphatic carbocycles. The smallest absolute Gasteiger partial charge is 0.263 e. The van der Waals surface area contributed by atoms with Gasteiger partial charge in [0.05, 0.1) is 5.02 Å². The van der Waals surface area contributed by atoms with Crippen LogP contribution in [-0.2, 0) is 4.79 Å². The van der Waals surface area contributed by atoms with Gasteiger partial charge < -0.3 is 15.4 Å². The third kappa shape index (κ3) is 3.57. The highest BCUT2D eigenvalue weighted by atomic mass is 35.5. The molecule has 1 aliphatic rings. The molecule has 2 N–H and O–H groups in total. The number of carbonyl (C=O) groups excluding carboxylic acids is 1. The largest absolute Gasteiger partial charge is 0.479 e. The Morgan fingerprint density at radius 3 is 2.90 bits per heavy atom. The van der Waals surface area contributed by atoms with Crippen LogP contribution in [0.3, 0.4) is 0 Å². The fourth-order valence-corrected chi connectivity index (χ4v) is 2.75. The van der Waals surface area contributed by atoms with Gasteiger partial charge in [-0.1, -0.05) is 23.2 Å². The Morgan fingerprint density at radius 2 is 2.30 bits per heavy atom. The van der Waals surface area contributed by atoms with Gasteiger partial charge in [0.1, 0.15) is 5.75 Å². The van der Waals surface area contributed by atoms with Gasteiger partial charge in [0.25, 0.3) is 5.91 Å². The lowest BCUT2D eigenvalue weighted by Gasteiger charge is -2.22. The molecule has 6 heteroatoms. The molecule has 0 spiro atoms. The van der Waals surface area contributed by atoms with E-state index in [0.717, 1.165) is 13.0 Å². The number of rotatable bonds is 4. The van der Waals surface area contributed by atoms with Crippen molar-refractivity contribution in [2.24, 2.45) is 11.7 Å². The van der Waals surface area contributed by atoms with E-state index in [1.165, 1.54) is 0 Å². The van der Waals surface area contributed by atoms with Crippen LogP contribution in [0.1, 0.15) is 13.3 Å². The number of nitrogens with zero attached hydrogens (tertiary/aromatic N) is 1. The van der Waals surface area contributed by atoms with E-state index in [2.05, 4.69) is 0 Å². The van der Waals surface area contributed by atoms with Crippen molar-refractivity contribution in [2.75, 3.05) is 19.6 Å². The highest BCUT2D eigenvalue weighted by Crippen LogP contribution is 2.28. The van der Waals surface area contributed by atoms with Crippen LogP contribution in [0.5, 0.6) is 5.75 Å². The molecule has 20 heavy (non-hydrogen) atoms. The predicted molar refractivity (Wildman–Crippen MR) is 80.3 cm³/mol. The van der Waals surface area contributed by atoms with Crippen LogP contribution in [0.2, 0.25) is 10.0 Å². The van der Waals surface area contributed by atoms with E-state index in [0.29, 0.717) is 34.8 Å². The average molecular weight is 317 g/mol. The molecule has 0 unspecified atom stereocenters. The molecule has 4 nitrogen and oxygen atoms in total. The Bertz CT molecular complexity index is 496. The minimum Gasteiger partial charge on any atom is -0.479 e.